The average Bonchev–Trinajstić information content (AvgIpc) is 2.73. The summed E-state index contributed by atoms with van der Waals surface area (Å²) in [4.78, 5) is 24.6. The number of rotatable bonds is 12. The molecule has 0 amide bonds. The van der Waals surface area contributed by atoms with E-state index in [0.29, 0.717) is 22.2 Å². The van der Waals surface area contributed by atoms with E-state index in [2.05, 4.69) is 13.8 Å². The van der Waals surface area contributed by atoms with Crippen molar-refractivity contribution in [2.75, 3.05) is 0 Å². The molecule has 2 unspecified atom stereocenters. The standard InChI is InChI=1S/C26H35ClO6/c1-7-11-16(4)30-25-23(32-18(6)28)19-14-10-15-20(27)22(19)24(33-21(29)13-9-3)26(25)31-17(5)12-8-2/h10,14-17H,7-9,11-13H2,1-6H3. The maximum Gasteiger partial charge on any atom is 0.311 e. The summed E-state index contributed by atoms with van der Waals surface area (Å²) in [5.41, 5.74) is 0. The number of halogens is 1. The Kier molecular flexibility index (Phi) is 10.3. The van der Waals surface area contributed by atoms with Crippen molar-refractivity contribution in [2.24, 2.45) is 0 Å². The molecule has 0 heterocycles. The first-order valence-corrected chi connectivity index (χ1v) is 12.1. The second kappa shape index (κ2) is 12.7. The molecule has 7 heteroatoms. The minimum absolute atomic E-state index is 0.187. The van der Waals surface area contributed by atoms with Crippen molar-refractivity contribution in [3.05, 3.63) is 23.2 Å². The Labute approximate surface area is 201 Å². The highest BCUT2D eigenvalue weighted by atomic mass is 35.5. The van der Waals surface area contributed by atoms with E-state index in [1.807, 2.05) is 20.8 Å². The zero-order valence-electron chi connectivity index (χ0n) is 20.5. The molecule has 2 aromatic rings. The van der Waals surface area contributed by atoms with Gasteiger partial charge in [0.15, 0.2) is 11.5 Å². The molecule has 0 saturated carbocycles. The van der Waals surface area contributed by atoms with Crippen LogP contribution in [-0.4, -0.2) is 24.1 Å². The fourth-order valence-electron chi connectivity index (χ4n) is 3.64. The largest absolute Gasteiger partial charge is 0.483 e. The fourth-order valence-corrected chi connectivity index (χ4v) is 3.91. The molecular formula is C26H35ClO6. The van der Waals surface area contributed by atoms with E-state index in [-0.39, 0.29) is 41.6 Å². The molecule has 0 aliphatic carbocycles. The molecule has 6 nitrogen and oxygen atoms in total. The van der Waals surface area contributed by atoms with Gasteiger partial charge in [-0.2, -0.15) is 0 Å². The molecular weight excluding hydrogens is 444 g/mol. The number of fused-ring (bicyclic) bond motifs is 1. The minimum atomic E-state index is -0.507. The normalized spacial score (nSPS) is 12.8. The van der Waals surface area contributed by atoms with Crippen LogP contribution in [-0.2, 0) is 9.59 Å². The van der Waals surface area contributed by atoms with Crippen molar-refractivity contribution in [2.45, 2.75) is 92.3 Å². The molecule has 0 saturated heterocycles. The van der Waals surface area contributed by atoms with Gasteiger partial charge in [0.05, 0.1) is 22.6 Å². The van der Waals surface area contributed by atoms with E-state index in [1.54, 1.807) is 18.2 Å². The number of ether oxygens (including phenoxy) is 4. The second-order valence-corrected chi connectivity index (χ2v) is 8.64. The van der Waals surface area contributed by atoms with Gasteiger partial charge < -0.3 is 18.9 Å². The zero-order chi connectivity index (χ0) is 24.5. The van der Waals surface area contributed by atoms with E-state index >= 15 is 0 Å². The number of hydrogen-bond acceptors (Lipinski definition) is 6. The summed E-state index contributed by atoms with van der Waals surface area (Å²) in [6.45, 7) is 11.2. The Morgan fingerprint density at radius 1 is 0.848 bits per heavy atom. The molecule has 0 aliphatic rings. The summed E-state index contributed by atoms with van der Waals surface area (Å²) in [7, 11) is 0. The lowest BCUT2D eigenvalue weighted by Crippen LogP contribution is -2.18. The van der Waals surface area contributed by atoms with Crippen LogP contribution in [0.25, 0.3) is 10.8 Å². The van der Waals surface area contributed by atoms with Crippen molar-refractivity contribution >= 4 is 34.3 Å². The summed E-state index contributed by atoms with van der Waals surface area (Å²) in [5.74, 6) is -0.0565. The van der Waals surface area contributed by atoms with Crippen LogP contribution in [0.1, 0.15) is 80.1 Å². The number of esters is 2. The molecule has 0 aliphatic heterocycles. The quantitative estimate of drug-likeness (QED) is 0.236. The first-order valence-electron chi connectivity index (χ1n) is 11.7. The van der Waals surface area contributed by atoms with Gasteiger partial charge in [-0.1, -0.05) is 57.3 Å². The van der Waals surface area contributed by atoms with E-state index in [0.717, 1.165) is 25.7 Å². The molecule has 2 rings (SSSR count). The highest BCUT2D eigenvalue weighted by Gasteiger charge is 2.30. The van der Waals surface area contributed by atoms with Crippen molar-refractivity contribution in [3.63, 3.8) is 0 Å². The molecule has 182 valence electrons. The van der Waals surface area contributed by atoms with Crippen molar-refractivity contribution in [1.82, 2.24) is 0 Å². The Bertz CT molecular complexity index is 971. The Morgan fingerprint density at radius 3 is 1.94 bits per heavy atom. The summed E-state index contributed by atoms with van der Waals surface area (Å²) < 4.78 is 24.1. The summed E-state index contributed by atoms with van der Waals surface area (Å²) in [6.07, 6.45) is 3.85. The molecule has 0 spiro atoms. The van der Waals surface area contributed by atoms with Gasteiger partial charge in [-0.15, -0.1) is 0 Å². The second-order valence-electron chi connectivity index (χ2n) is 8.23. The van der Waals surface area contributed by atoms with Crippen LogP contribution in [0.4, 0.5) is 0 Å². The third-order valence-electron chi connectivity index (χ3n) is 5.05. The van der Waals surface area contributed by atoms with E-state index in [9.17, 15) is 9.59 Å². The molecule has 0 radical (unpaired) electrons. The van der Waals surface area contributed by atoms with Gasteiger partial charge >= 0.3 is 11.9 Å². The van der Waals surface area contributed by atoms with Gasteiger partial charge in [0.25, 0.3) is 0 Å². The summed E-state index contributed by atoms with van der Waals surface area (Å²) in [6, 6.07) is 5.19. The molecule has 0 N–H and O–H groups in total. The maximum atomic E-state index is 12.6. The van der Waals surface area contributed by atoms with Gasteiger partial charge in [0, 0.05) is 18.7 Å². The van der Waals surface area contributed by atoms with Crippen molar-refractivity contribution < 1.29 is 28.5 Å². The number of carbonyl (C=O) groups is 2. The number of hydrogen-bond donors (Lipinski definition) is 0. The molecule has 0 fully saturated rings. The Morgan fingerprint density at radius 2 is 1.42 bits per heavy atom. The lowest BCUT2D eigenvalue weighted by molar-refractivity contribution is -0.134. The number of carbonyl (C=O) groups excluding carboxylic acids is 2. The summed E-state index contributed by atoms with van der Waals surface area (Å²) in [5, 5.41) is 1.29. The SMILES string of the molecule is CCCC(=O)Oc1c(OC(C)CCC)c(OC(C)CCC)c(OC(C)=O)c2cccc(Cl)c12. The smallest absolute Gasteiger partial charge is 0.311 e. The highest BCUT2D eigenvalue weighted by molar-refractivity contribution is 6.36. The van der Waals surface area contributed by atoms with Gasteiger partial charge in [0.2, 0.25) is 11.5 Å². The molecule has 0 aromatic heterocycles. The lowest BCUT2D eigenvalue weighted by atomic mass is 10.1. The maximum absolute atomic E-state index is 12.6. The fraction of sp³-hybridized carbons (Fsp3) is 0.538. The molecule has 33 heavy (non-hydrogen) atoms. The molecule has 0 bridgehead atoms. The van der Waals surface area contributed by atoms with E-state index in [4.69, 9.17) is 30.5 Å². The third-order valence-corrected chi connectivity index (χ3v) is 5.36. The monoisotopic (exact) mass is 478 g/mol. The molecule has 2 atom stereocenters. The third kappa shape index (κ3) is 7.00. The van der Waals surface area contributed by atoms with Gasteiger partial charge in [-0.25, -0.2) is 0 Å². The first kappa shape index (κ1) is 26.8. The van der Waals surface area contributed by atoms with Crippen LogP contribution in [0.5, 0.6) is 23.0 Å². The minimum Gasteiger partial charge on any atom is -0.483 e. The van der Waals surface area contributed by atoms with Gasteiger partial charge in [-0.05, 0) is 39.2 Å². The van der Waals surface area contributed by atoms with Gasteiger partial charge in [0.1, 0.15) is 0 Å². The van der Waals surface area contributed by atoms with Crippen LogP contribution in [0.3, 0.4) is 0 Å². The van der Waals surface area contributed by atoms with E-state index < -0.39 is 11.9 Å². The van der Waals surface area contributed by atoms with Crippen LogP contribution in [0, 0.1) is 0 Å². The topological polar surface area (TPSA) is 71.1 Å². The predicted molar refractivity (Wildman–Crippen MR) is 131 cm³/mol. The number of benzene rings is 2. The van der Waals surface area contributed by atoms with E-state index in [1.165, 1.54) is 6.92 Å². The van der Waals surface area contributed by atoms with Gasteiger partial charge in [-0.3, -0.25) is 9.59 Å². The summed E-state index contributed by atoms with van der Waals surface area (Å²) >= 11 is 6.58. The zero-order valence-corrected chi connectivity index (χ0v) is 21.2. The lowest BCUT2D eigenvalue weighted by Gasteiger charge is -2.25. The van der Waals surface area contributed by atoms with Crippen LogP contribution >= 0.6 is 11.6 Å². The van der Waals surface area contributed by atoms with Crippen molar-refractivity contribution in [1.29, 1.82) is 0 Å². The molecule has 2 aromatic carbocycles. The Hall–Kier alpha value is -2.47. The average molecular weight is 479 g/mol. The van der Waals surface area contributed by atoms with Crippen LogP contribution in [0.2, 0.25) is 5.02 Å². The highest BCUT2D eigenvalue weighted by Crippen LogP contribution is 2.54. The predicted octanol–water partition coefficient (Wildman–Crippen LogP) is 7.26. The van der Waals surface area contributed by atoms with Crippen LogP contribution < -0.4 is 18.9 Å². The van der Waals surface area contributed by atoms with Crippen LogP contribution in [0.15, 0.2) is 18.2 Å². The van der Waals surface area contributed by atoms with Crippen molar-refractivity contribution in [3.8, 4) is 23.0 Å². The first-order chi connectivity index (χ1) is 15.7. The Balaban J connectivity index is 2.90.